The van der Waals surface area contributed by atoms with Crippen LogP contribution in [0.5, 0.6) is 0 Å². The maximum absolute atomic E-state index is 5.37. The van der Waals surface area contributed by atoms with Gasteiger partial charge in [0.2, 0.25) is 0 Å². The van der Waals surface area contributed by atoms with Gasteiger partial charge in [-0.2, -0.15) is 5.10 Å². The molecule has 4 nitrogen and oxygen atoms in total. The molecule has 0 amide bonds. The fourth-order valence-corrected chi connectivity index (χ4v) is 1.19. The number of nitrogens with one attached hydrogen (secondary N) is 1. The molecule has 0 aliphatic carbocycles. The lowest BCUT2D eigenvalue weighted by molar-refractivity contribution is 0.134. The topological polar surface area (TPSA) is 47.0 Å². The highest BCUT2D eigenvalue weighted by Gasteiger charge is 1.94. The quantitative estimate of drug-likeness (QED) is 0.698. The van der Waals surface area contributed by atoms with E-state index in [1.54, 1.807) is 6.20 Å². The van der Waals surface area contributed by atoms with Gasteiger partial charge >= 0.3 is 0 Å². The number of nitrogens with zero attached hydrogens (tertiary/aromatic N) is 2. The fraction of sp³-hybridized carbons (Fsp3) is 0.636. The first-order valence-corrected chi connectivity index (χ1v) is 5.44. The molecular weight excluding hydrogens is 190 g/mol. The van der Waals surface area contributed by atoms with Crippen molar-refractivity contribution in [2.24, 2.45) is 0 Å². The third kappa shape index (κ3) is 5.32. The summed E-state index contributed by atoms with van der Waals surface area (Å²) in [6.45, 7) is 6.65. The van der Waals surface area contributed by atoms with Gasteiger partial charge < -0.3 is 10.1 Å². The van der Waals surface area contributed by atoms with E-state index in [1.807, 2.05) is 13.0 Å². The average Bonchev–Trinajstić information content (AvgIpc) is 2.23. The fourth-order valence-electron chi connectivity index (χ4n) is 1.19. The van der Waals surface area contributed by atoms with Crippen LogP contribution >= 0.6 is 0 Å². The van der Waals surface area contributed by atoms with E-state index in [2.05, 4.69) is 22.4 Å². The SMILES string of the molecule is CCCOCCCNc1cc(C)cnn1. The van der Waals surface area contributed by atoms with Gasteiger partial charge in [-0.05, 0) is 31.4 Å². The van der Waals surface area contributed by atoms with Gasteiger partial charge in [-0.25, -0.2) is 0 Å². The molecule has 0 spiro atoms. The molecule has 0 bridgehead atoms. The summed E-state index contributed by atoms with van der Waals surface area (Å²) in [5.74, 6) is 0.838. The average molecular weight is 209 g/mol. The maximum atomic E-state index is 5.37. The molecule has 4 heteroatoms. The van der Waals surface area contributed by atoms with Gasteiger partial charge in [-0.3, -0.25) is 0 Å². The summed E-state index contributed by atoms with van der Waals surface area (Å²) in [6.07, 6.45) is 3.82. The summed E-state index contributed by atoms with van der Waals surface area (Å²) in [5, 5.41) is 11.0. The Balaban J connectivity index is 2.10. The van der Waals surface area contributed by atoms with Gasteiger partial charge in [-0.15, -0.1) is 5.10 Å². The Morgan fingerprint density at radius 2 is 2.27 bits per heavy atom. The maximum Gasteiger partial charge on any atom is 0.148 e. The van der Waals surface area contributed by atoms with Crippen molar-refractivity contribution in [3.8, 4) is 0 Å². The van der Waals surface area contributed by atoms with E-state index >= 15 is 0 Å². The Bertz CT molecular complexity index is 278. The van der Waals surface area contributed by atoms with E-state index < -0.39 is 0 Å². The molecule has 0 unspecified atom stereocenters. The first kappa shape index (κ1) is 11.9. The molecule has 1 N–H and O–H groups in total. The first-order valence-electron chi connectivity index (χ1n) is 5.44. The van der Waals surface area contributed by atoms with Crippen LogP contribution in [0, 0.1) is 6.92 Å². The largest absolute Gasteiger partial charge is 0.381 e. The van der Waals surface area contributed by atoms with Crippen LogP contribution < -0.4 is 5.32 Å². The van der Waals surface area contributed by atoms with Gasteiger partial charge in [0.1, 0.15) is 5.82 Å². The van der Waals surface area contributed by atoms with E-state index in [9.17, 15) is 0 Å². The summed E-state index contributed by atoms with van der Waals surface area (Å²) in [6, 6.07) is 1.99. The van der Waals surface area contributed by atoms with Gasteiger partial charge in [0, 0.05) is 19.8 Å². The van der Waals surface area contributed by atoms with Crippen LogP contribution in [-0.2, 0) is 4.74 Å². The molecule has 0 aliphatic rings. The number of aromatic nitrogens is 2. The van der Waals surface area contributed by atoms with Crippen LogP contribution in [0.2, 0.25) is 0 Å². The number of rotatable bonds is 7. The van der Waals surface area contributed by atoms with E-state index in [-0.39, 0.29) is 0 Å². The Hall–Kier alpha value is -1.16. The molecule has 1 aromatic rings. The van der Waals surface area contributed by atoms with Crippen molar-refractivity contribution in [3.63, 3.8) is 0 Å². The molecular formula is C11H19N3O. The highest BCUT2D eigenvalue weighted by molar-refractivity contribution is 5.34. The molecule has 0 saturated heterocycles. The monoisotopic (exact) mass is 209 g/mol. The molecule has 0 atom stereocenters. The molecule has 0 aliphatic heterocycles. The zero-order valence-corrected chi connectivity index (χ0v) is 9.49. The second-order valence-corrected chi connectivity index (χ2v) is 3.51. The molecule has 0 aromatic carbocycles. The number of hydrogen-bond donors (Lipinski definition) is 1. The Morgan fingerprint density at radius 1 is 1.40 bits per heavy atom. The van der Waals surface area contributed by atoms with E-state index in [4.69, 9.17) is 4.74 Å². The van der Waals surface area contributed by atoms with Crippen molar-refractivity contribution in [1.29, 1.82) is 0 Å². The minimum absolute atomic E-state index is 0.806. The molecule has 1 rings (SSSR count). The number of anilines is 1. The summed E-state index contributed by atoms with van der Waals surface area (Å²) < 4.78 is 5.37. The summed E-state index contributed by atoms with van der Waals surface area (Å²) in [7, 11) is 0. The van der Waals surface area contributed by atoms with Crippen LogP contribution in [0.4, 0.5) is 5.82 Å². The van der Waals surface area contributed by atoms with Crippen LogP contribution in [-0.4, -0.2) is 30.0 Å². The van der Waals surface area contributed by atoms with Crippen molar-refractivity contribution in [2.75, 3.05) is 25.1 Å². The first-order chi connectivity index (χ1) is 7.33. The van der Waals surface area contributed by atoms with Crippen molar-refractivity contribution in [1.82, 2.24) is 10.2 Å². The summed E-state index contributed by atoms with van der Waals surface area (Å²) in [5.41, 5.74) is 1.12. The lowest BCUT2D eigenvalue weighted by Gasteiger charge is -2.05. The van der Waals surface area contributed by atoms with Crippen LogP contribution in [0.1, 0.15) is 25.3 Å². The second-order valence-electron chi connectivity index (χ2n) is 3.51. The number of hydrogen-bond acceptors (Lipinski definition) is 4. The predicted octanol–water partition coefficient (Wildman–Crippen LogP) is 2.01. The standard InChI is InChI=1S/C11H19N3O/c1-3-6-15-7-4-5-12-11-8-10(2)9-13-14-11/h8-9H,3-7H2,1-2H3,(H,12,14). The van der Waals surface area contributed by atoms with Crippen LogP contribution in [0.15, 0.2) is 12.3 Å². The van der Waals surface area contributed by atoms with Crippen molar-refractivity contribution < 1.29 is 4.74 Å². The van der Waals surface area contributed by atoms with Gasteiger partial charge in [0.15, 0.2) is 0 Å². The lowest BCUT2D eigenvalue weighted by Crippen LogP contribution is -2.07. The molecule has 0 radical (unpaired) electrons. The summed E-state index contributed by atoms with van der Waals surface area (Å²) in [4.78, 5) is 0. The molecule has 0 fully saturated rings. The smallest absolute Gasteiger partial charge is 0.148 e. The highest BCUT2D eigenvalue weighted by atomic mass is 16.5. The lowest BCUT2D eigenvalue weighted by atomic mass is 10.3. The van der Waals surface area contributed by atoms with Gasteiger partial charge in [-0.1, -0.05) is 6.92 Å². The third-order valence-electron chi connectivity index (χ3n) is 1.91. The zero-order valence-electron chi connectivity index (χ0n) is 9.49. The van der Waals surface area contributed by atoms with Crippen molar-refractivity contribution in [3.05, 3.63) is 17.8 Å². The summed E-state index contributed by atoms with van der Waals surface area (Å²) >= 11 is 0. The molecule has 0 saturated carbocycles. The predicted molar refractivity (Wildman–Crippen MR) is 61.0 cm³/mol. The molecule has 1 heterocycles. The van der Waals surface area contributed by atoms with Crippen LogP contribution in [0.3, 0.4) is 0 Å². The van der Waals surface area contributed by atoms with Gasteiger partial charge in [0.05, 0.1) is 6.20 Å². The van der Waals surface area contributed by atoms with E-state index in [1.165, 1.54) is 0 Å². The number of ether oxygens (including phenoxy) is 1. The Labute approximate surface area is 91.1 Å². The Morgan fingerprint density at radius 3 is 3.00 bits per heavy atom. The number of aryl methyl sites for hydroxylation is 1. The minimum Gasteiger partial charge on any atom is -0.381 e. The van der Waals surface area contributed by atoms with E-state index in [0.29, 0.717) is 0 Å². The van der Waals surface area contributed by atoms with Gasteiger partial charge in [0.25, 0.3) is 0 Å². The molecule has 1 aromatic heterocycles. The van der Waals surface area contributed by atoms with Crippen molar-refractivity contribution >= 4 is 5.82 Å². The molecule has 84 valence electrons. The van der Waals surface area contributed by atoms with Crippen LogP contribution in [0.25, 0.3) is 0 Å². The van der Waals surface area contributed by atoms with Crippen molar-refractivity contribution in [2.45, 2.75) is 26.7 Å². The normalized spacial score (nSPS) is 10.3. The third-order valence-corrected chi connectivity index (χ3v) is 1.91. The molecule has 15 heavy (non-hydrogen) atoms. The zero-order chi connectivity index (χ0) is 10.9. The Kier molecular flexibility index (Phi) is 5.70. The van der Waals surface area contributed by atoms with E-state index in [0.717, 1.165) is 44.0 Å². The highest BCUT2D eigenvalue weighted by Crippen LogP contribution is 2.02. The minimum atomic E-state index is 0.806. The second kappa shape index (κ2) is 7.17.